The van der Waals surface area contributed by atoms with Gasteiger partial charge >= 0.3 is 12.3 Å². The average molecular weight is 537 g/mol. The van der Waals surface area contributed by atoms with Crippen molar-refractivity contribution in [1.82, 2.24) is 20.4 Å². The zero-order valence-corrected chi connectivity index (χ0v) is 22.4. The second kappa shape index (κ2) is 11.0. The molecule has 7 nitrogen and oxygen atoms in total. The minimum Gasteiger partial charge on any atom is -0.444 e. The summed E-state index contributed by atoms with van der Waals surface area (Å²) in [6.45, 7) is 8.80. The molecule has 37 heavy (non-hydrogen) atoms. The summed E-state index contributed by atoms with van der Waals surface area (Å²) in [4.78, 5) is 26.7. The zero-order valence-electron chi connectivity index (χ0n) is 21.6. The van der Waals surface area contributed by atoms with Crippen molar-refractivity contribution < 1.29 is 27.5 Å². The minimum absolute atomic E-state index is 0.0137. The van der Waals surface area contributed by atoms with Crippen LogP contribution in [0.3, 0.4) is 0 Å². The second-order valence-electron chi connectivity index (χ2n) is 9.79. The Morgan fingerprint density at radius 2 is 1.84 bits per heavy atom. The molecule has 2 heterocycles. The number of nitrogens with zero attached hydrogens (tertiary/aromatic N) is 2. The van der Waals surface area contributed by atoms with Crippen LogP contribution in [0.4, 0.5) is 18.0 Å². The number of aryl methyl sites for hydroxylation is 3. The Morgan fingerprint density at radius 1 is 1.16 bits per heavy atom. The minimum atomic E-state index is -4.55. The van der Waals surface area contributed by atoms with Crippen molar-refractivity contribution in [2.45, 2.75) is 58.9 Å². The molecule has 0 saturated carbocycles. The number of alkyl carbamates (subject to hydrolysis) is 1. The van der Waals surface area contributed by atoms with E-state index in [1.54, 1.807) is 37.7 Å². The maximum absolute atomic E-state index is 13.6. The Kier molecular flexibility index (Phi) is 8.36. The summed E-state index contributed by atoms with van der Waals surface area (Å²) in [6.07, 6.45) is -3.68. The molecule has 0 aliphatic rings. The highest BCUT2D eigenvalue weighted by molar-refractivity contribution is 7.14. The lowest BCUT2D eigenvalue weighted by molar-refractivity contribution is -0.138. The topological polar surface area (TPSA) is 85.3 Å². The van der Waals surface area contributed by atoms with E-state index in [4.69, 9.17) is 4.74 Å². The first kappa shape index (κ1) is 28.2. The fourth-order valence-electron chi connectivity index (χ4n) is 3.95. The molecule has 1 aromatic carbocycles. The van der Waals surface area contributed by atoms with Crippen molar-refractivity contribution in [3.8, 4) is 11.3 Å². The Bertz CT molecular complexity index is 1260. The van der Waals surface area contributed by atoms with Gasteiger partial charge < -0.3 is 15.4 Å². The van der Waals surface area contributed by atoms with Crippen LogP contribution in [0, 0.1) is 13.8 Å². The number of hydrogen-bond acceptors (Lipinski definition) is 5. The average Bonchev–Trinajstić information content (AvgIpc) is 3.31. The van der Waals surface area contributed by atoms with Gasteiger partial charge in [-0.2, -0.15) is 18.3 Å². The third-order valence-electron chi connectivity index (χ3n) is 5.53. The molecule has 200 valence electrons. The van der Waals surface area contributed by atoms with Crippen LogP contribution in [0.2, 0.25) is 0 Å². The van der Waals surface area contributed by atoms with Crippen LogP contribution in [-0.4, -0.2) is 40.0 Å². The first-order chi connectivity index (χ1) is 17.2. The maximum Gasteiger partial charge on any atom is 0.416 e. The van der Waals surface area contributed by atoms with Crippen molar-refractivity contribution in [3.05, 3.63) is 63.0 Å². The zero-order chi connectivity index (χ0) is 27.5. The van der Waals surface area contributed by atoms with Crippen molar-refractivity contribution in [2.24, 2.45) is 7.05 Å². The fraction of sp³-hybridized carbons (Fsp3) is 0.423. The van der Waals surface area contributed by atoms with E-state index >= 15 is 0 Å². The molecule has 11 heteroatoms. The van der Waals surface area contributed by atoms with E-state index in [9.17, 15) is 22.8 Å². The number of benzene rings is 1. The van der Waals surface area contributed by atoms with E-state index in [1.807, 2.05) is 20.9 Å². The molecule has 0 unspecified atom stereocenters. The molecular weight excluding hydrogens is 505 g/mol. The number of rotatable bonds is 7. The number of ether oxygens (including phenoxy) is 1. The molecule has 2 amide bonds. The molecular formula is C26H31F3N4O3S. The van der Waals surface area contributed by atoms with Crippen LogP contribution in [-0.2, 0) is 24.4 Å². The van der Waals surface area contributed by atoms with Gasteiger partial charge in [-0.1, -0.05) is 18.2 Å². The molecule has 0 aliphatic carbocycles. The summed E-state index contributed by atoms with van der Waals surface area (Å²) in [7, 11) is 1.82. The predicted molar refractivity (Wildman–Crippen MR) is 137 cm³/mol. The number of hydrogen-bond donors (Lipinski definition) is 2. The van der Waals surface area contributed by atoms with Crippen LogP contribution in [0.5, 0.6) is 0 Å². The quantitative estimate of drug-likeness (QED) is 0.409. The highest BCUT2D eigenvalue weighted by Crippen LogP contribution is 2.34. The summed E-state index contributed by atoms with van der Waals surface area (Å²) in [5.74, 6) is -0.445. The smallest absolute Gasteiger partial charge is 0.416 e. The molecule has 2 N–H and O–H groups in total. The highest BCUT2D eigenvalue weighted by atomic mass is 32.1. The number of amides is 2. The summed E-state index contributed by atoms with van der Waals surface area (Å²) < 4.78 is 47.7. The molecule has 3 aromatic rings. The van der Waals surface area contributed by atoms with Crippen LogP contribution < -0.4 is 10.6 Å². The summed E-state index contributed by atoms with van der Waals surface area (Å²) in [6, 6.07) is 6.12. The van der Waals surface area contributed by atoms with Crippen molar-refractivity contribution in [1.29, 1.82) is 0 Å². The molecule has 1 atom stereocenters. The lowest BCUT2D eigenvalue weighted by atomic mass is 9.99. The van der Waals surface area contributed by atoms with Gasteiger partial charge in [0.2, 0.25) is 0 Å². The van der Waals surface area contributed by atoms with Crippen LogP contribution >= 0.6 is 11.3 Å². The molecule has 3 rings (SSSR count). The first-order valence-electron chi connectivity index (χ1n) is 11.7. The van der Waals surface area contributed by atoms with Gasteiger partial charge in [0.25, 0.3) is 5.91 Å². The molecule has 0 spiro atoms. The van der Waals surface area contributed by atoms with Crippen molar-refractivity contribution in [2.75, 3.05) is 6.54 Å². The Hall–Kier alpha value is -3.34. The summed E-state index contributed by atoms with van der Waals surface area (Å²) in [5.41, 5.74) is 1.18. The standard InChI is InChI=1S/C26H31F3N4O3S/c1-15-13-31-33(6)22(15)19-12-21(37-16(19)2)23(34)32-18(14-30-24(35)36-25(3,4)5)11-17-9-7-8-10-20(17)26(27,28)29/h7-10,12-13,18H,11,14H2,1-6H3,(H,30,35)(H,32,34)/t18-/m0/s1. The molecule has 0 fully saturated rings. The van der Waals surface area contributed by atoms with E-state index in [0.29, 0.717) is 4.88 Å². The third kappa shape index (κ3) is 7.34. The normalized spacial score (nSPS) is 12.8. The first-order valence-corrected chi connectivity index (χ1v) is 12.5. The van der Waals surface area contributed by atoms with Crippen LogP contribution in [0.25, 0.3) is 11.3 Å². The number of halogens is 3. The SMILES string of the molecule is Cc1cnn(C)c1-c1cc(C(=O)N[C@H](CNC(=O)OC(C)(C)C)Cc2ccccc2C(F)(F)F)sc1C. The lowest BCUT2D eigenvalue weighted by Gasteiger charge is -2.23. The Balaban J connectivity index is 1.85. The molecule has 0 radical (unpaired) electrons. The lowest BCUT2D eigenvalue weighted by Crippen LogP contribution is -2.46. The van der Waals surface area contributed by atoms with E-state index in [2.05, 4.69) is 15.7 Å². The van der Waals surface area contributed by atoms with Crippen molar-refractivity contribution in [3.63, 3.8) is 0 Å². The van der Waals surface area contributed by atoms with Crippen LogP contribution in [0.15, 0.2) is 36.5 Å². The largest absolute Gasteiger partial charge is 0.444 e. The molecule has 0 bridgehead atoms. The number of alkyl halides is 3. The van der Waals surface area contributed by atoms with Gasteiger partial charge in [0.15, 0.2) is 0 Å². The monoisotopic (exact) mass is 536 g/mol. The van der Waals surface area contributed by atoms with Crippen molar-refractivity contribution >= 4 is 23.3 Å². The summed E-state index contributed by atoms with van der Waals surface area (Å²) >= 11 is 1.28. The number of carbonyl (C=O) groups is 2. The van der Waals surface area contributed by atoms with Gasteiger partial charge in [-0.15, -0.1) is 11.3 Å². The van der Waals surface area contributed by atoms with E-state index in [0.717, 1.165) is 27.8 Å². The molecule has 0 aliphatic heterocycles. The Morgan fingerprint density at radius 3 is 2.43 bits per heavy atom. The van der Waals surface area contributed by atoms with Crippen LogP contribution in [0.1, 0.15) is 52.0 Å². The van der Waals surface area contributed by atoms with Gasteiger partial charge in [0.1, 0.15) is 5.60 Å². The van der Waals surface area contributed by atoms with Gasteiger partial charge in [0.05, 0.1) is 28.4 Å². The van der Waals surface area contributed by atoms with E-state index in [-0.39, 0.29) is 18.5 Å². The van der Waals surface area contributed by atoms with E-state index < -0.39 is 35.4 Å². The molecule has 0 saturated heterocycles. The summed E-state index contributed by atoms with van der Waals surface area (Å²) in [5, 5.41) is 9.62. The predicted octanol–water partition coefficient (Wildman–Crippen LogP) is 5.65. The Labute approximate surface area is 218 Å². The number of nitrogens with one attached hydrogen (secondary N) is 2. The second-order valence-corrected chi connectivity index (χ2v) is 11.0. The third-order valence-corrected chi connectivity index (χ3v) is 6.58. The van der Waals surface area contributed by atoms with E-state index in [1.165, 1.54) is 29.5 Å². The molecule has 2 aromatic heterocycles. The highest BCUT2D eigenvalue weighted by Gasteiger charge is 2.33. The number of thiophene rings is 1. The fourth-order valence-corrected chi connectivity index (χ4v) is 4.88. The van der Waals surface area contributed by atoms with Gasteiger partial charge in [-0.05, 0) is 64.3 Å². The van der Waals surface area contributed by atoms with Gasteiger partial charge in [-0.25, -0.2) is 4.79 Å². The maximum atomic E-state index is 13.6. The number of carbonyl (C=O) groups excluding carboxylic acids is 2. The number of aromatic nitrogens is 2. The van der Waals surface area contributed by atoms with Gasteiger partial charge in [-0.3, -0.25) is 9.48 Å². The van der Waals surface area contributed by atoms with Gasteiger partial charge in [0, 0.05) is 24.0 Å².